The monoisotopic (exact) mass is 406 g/mol. The van der Waals surface area contributed by atoms with Crippen LogP contribution in [0.3, 0.4) is 0 Å². The van der Waals surface area contributed by atoms with Gasteiger partial charge < -0.3 is 9.31 Å². The summed E-state index contributed by atoms with van der Waals surface area (Å²) in [6, 6.07) is 17.6. The van der Waals surface area contributed by atoms with Crippen LogP contribution in [0.5, 0.6) is 0 Å². The van der Waals surface area contributed by atoms with Gasteiger partial charge in [0, 0.05) is 4.47 Å². The minimum absolute atomic E-state index is 0.331. The third-order valence-corrected chi connectivity index (χ3v) is 6.50. The lowest BCUT2D eigenvalue weighted by Gasteiger charge is -2.32. The molecule has 0 amide bonds. The number of halogens is 1. The fourth-order valence-corrected chi connectivity index (χ4v) is 4.43. The van der Waals surface area contributed by atoms with E-state index >= 15 is 0 Å². The second-order valence-corrected chi connectivity index (χ2v) is 9.20. The lowest BCUT2D eigenvalue weighted by atomic mass is 9.76. The summed E-state index contributed by atoms with van der Waals surface area (Å²) in [6.45, 7) is 8.37. The highest BCUT2D eigenvalue weighted by atomic mass is 79.9. The van der Waals surface area contributed by atoms with Crippen LogP contribution >= 0.6 is 15.9 Å². The van der Waals surface area contributed by atoms with Gasteiger partial charge in [-0.3, -0.25) is 0 Å². The summed E-state index contributed by atoms with van der Waals surface area (Å²) in [5.41, 5.74) is 0.418. The maximum Gasteiger partial charge on any atom is 0.494 e. The number of rotatable bonds is 1. The molecule has 1 aliphatic rings. The summed E-state index contributed by atoms with van der Waals surface area (Å²) >= 11 is 3.62. The van der Waals surface area contributed by atoms with Gasteiger partial charge in [0.1, 0.15) is 0 Å². The molecular formula is C22H20BBrO2. The van der Waals surface area contributed by atoms with Crippen molar-refractivity contribution in [1.29, 1.82) is 0 Å². The molecule has 4 heteroatoms. The fourth-order valence-electron chi connectivity index (χ4n) is 3.94. The molecule has 0 aromatic heterocycles. The van der Waals surface area contributed by atoms with Crippen molar-refractivity contribution in [2.24, 2.45) is 0 Å². The Bertz CT molecular complexity index is 1080. The van der Waals surface area contributed by atoms with E-state index in [4.69, 9.17) is 9.31 Å². The topological polar surface area (TPSA) is 18.5 Å². The summed E-state index contributed by atoms with van der Waals surface area (Å²) in [5, 5.41) is 7.61. The standard InChI is InChI=1S/C22H20BBrO2/c1-21(2)22(3,4)26-23(25-21)17-9-13-5-7-15-11-18(24)12-16-8-6-14(10-17)19(13)20(15)16/h5-12H,1-4H3. The minimum Gasteiger partial charge on any atom is -0.399 e. The van der Waals surface area contributed by atoms with E-state index in [-0.39, 0.29) is 18.3 Å². The predicted molar refractivity (Wildman–Crippen MR) is 114 cm³/mol. The van der Waals surface area contributed by atoms with Crippen molar-refractivity contribution < 1.29 is 9.31 Å². The van der Waals surface area contributed by atoms with Gasteiger partial charge in [-0.05, 0) is 77.6 Å². The Morgan fingerprint density at radius 1 is 0.692 bits per heavy atom. The molecule has 0 unspecified atom stereocenters. The molecule has 0 bridgehead atoms. The van der Waals surface area contributed by atoms with Gasteiger partial charge in [-0.15, -0.1) is 0 Å². The summed E-state index contributed by atoms with van der Waals surface area (Å²) in [6.07, 6.45) is 0. The lowest BCUT2D eigenvalue weighted by molar-refractivity contribution is 0.00578. The molecule has 26 heavy (non-hydrogen) atoms. The maximum absolute atomic E-state index is 6.26. The molecule has 0 N–H and O–H groups in total. The van der Waals surface area contributed by atoms with Gasteiger partial charge in [-0.2, -0.15) is 0 Å². The molecule has 0 atom stereocenters. The van der Waals surface area contributed by atoms with Gasteiger partial charge in [0.05, 0.1) is 11.2 Å². The van der Waals surface area contributed by atoms with Crippen LogP contribution in [0.15, 0.2) is 53.0 Å². The fraction of sp³-hybridized carbons (Fsp3) is 0.273. The van der Waals surface area contributed by atoms with Crippen LogP contribution in [0.25, 0.3) is 32.3 Å². The first-order chi connectivity index (χ1) is 12.2. The van der Waals surface area contributed by atoms with Crippen molar-refractivity contribution >= 4 is 60.8 Å². The molecule has 5 rings (SSSR count). The van der Waals surface area contributed by atoms with Crippen molar-refractivity contribution in [2.75, 3.05) is 0 Å². The Balaban J connectivity index is 1.74. The smallest absolute Gasteiger partial charge is 0.399 e. The van der Waals surface area contributed by atoms with Crippen molar-refractivity contribution in [2.45, 2.75) is 38.9 Å². The first-order valence-corrected chi connectivity index (χ1v) is 9.78. The average molecular weight is 407 g/mol. The molecule has 2 nitrogen and oxygen atoms in total. The largest absolute Gasteiger partial charge is 0.494 e. The van der Waals surface area contributed by atoms with E-state index in [1.165, 1.54) is 32.3 Å². The molecule has 0 radical (unpaired) electrons. The van der Waals surface area contributed by atoms with E-state index in [2.05, 4.69) is 92.2 Å². The normalized spacial score (nSPS) is 19.2. The third-order valence-electron chi connectivity index (χ3n) is 6.05. The van der Waals surface area contributed by atoms with Gasteiger partial charge in [-0.25, -0.2) is 0 Å². The number of benzene rings is 4. The van der Waals surface area contributed by atoms with Crippen LogP contribution in [-0.2, 0) is 9.31 Å². The van der Waals surface area contributed by atoms with E-state index in [0.717, 1.165) is 9.94 Å². The van der Waals surface area contributed by atoms with Gasteiger partial charge in [0.2, 0.25) is 0 Å². The van der Waals surface area contributed by atoms with Gasteiger partial charge in [0.15, 0.2) is 0 Å². The SMILES string of the molecule is CC1(C)OB(c2cc3ccc4cc(Br)cc5ccc(c2)c3c45)OC1(C)C. The molecule has 1 heterocycles. The molecule has 0 saturated carbocycles. The first kappa shape index (κ1) is 16.6. The molecule has 130 valence electrons. The zero-order chi connectivity index (χ0) is 18.3. The molecule has 1 fully saturated rings. The van der Waals surface area contributed by atoms with Crippen LogP contribution in [-0.4, -0.2) is 18.3 Å². The summed E-state index contributed by atoms with van der Waals surface area (Å²) in [7, 11) is -0.337. The summed E-state index contributed by atoms with van der Waals surface area (Å²) < 4.78 is 13.6. The minimum atomic E-state index is -0.337. The van der Waals surface area contributed by atoms with Crippen LogP contribution in [0, 0.1) is 0 Å². The Morgan fingerprint density at radius 2 is 1.08 bits per heavy atom. The zero-order valence-electron chi connectivity index (χ0n) is 15.4. The zero-order valence-corrected chi connectivity index (χ0v) is 17.0. The molecule has 1 saturated heterocycles. The van der Waals surface area contributed by atoms with Gasteiger partial charge in [0.25, 0.3) is 0 Å². The summed E-state index contributed by atoms with van der Waals surface area (Å²) in [5.74, 6) is 0. The van der Waals surface area contributed by atoms with Crippen molar-refractivity contribution in [3.05, 3.63) is 53.0 Å². The van der Waals surface area contributed by atoms with Crippen LogP contribution in [0.4, 0.5) is 0 Å². The number of hydrogen-bond acceptors (Lipinski definition) is 2. The molecule has 0 spiro atoms. The summed E-state index contributed by atoms with van der Waals surface area (Å²) in [4.78, 5) is 0. The second-order valence-electron chi connectivity index (χ2n) is 8.29. The second kappa shape index (κ2) is 5.22. The molecule has 4 aromatic carbocycles. The van der Waals surface area contributed by atoms with E-state index in [1.807, 2.05) is 0 Å². The molecule has 0 aliphatic carbocycles. The van der Waals surface area contributed by atoms with Crippen LogP contribution < -0.4 is 5.46 Å². The lowest BCUT2D eigenvalue weighted by Crippen LogP contribution is -2.41. The molecular weight excluding hydrogens is 387 g/mol. The highest BCUT2D eigenvalue weighted by molar-refractivity contribution is 9.10. The Morgan fingerprint density at radius 3 is 1.50 bits per heavy atom. The van der Waals surface area contributed by atoms with Gasteiger partial charge in [-0.1, -0.05) is 52.3 Å². The Hall–Kier alpha value is -1.62. The van der Waals surface area contributed by atoms with Gasteiger partial charge >= 0.3 is 7.12 Å². The van der Waals surface area contributed by atoms with Crippen LogP contribution in [0.1, 0.15) is 27.7 Å². The third kappa shape index (κ3) is 2.25. The molecule has 1 aliphatic heterocycles. The Kier molecular flexibility index (Phi) is 3.32. The van der Waals surface area contributed by atoms with Crippen LogP contribution in [0.2, 0.25) is 0 Å². The van der Waals surface area contributed by atoms with Crippen molar-refractivity contribution in [1.82, 2.24) is 0 Å². The quantitative estimate of drug-likeness (QED) is 0.300. The van der Waals surface area contributed by atoms with E-state index < -0.39 is 0 Å². The Labute approximate surface area is 162 Å². The number of hydrogen-bond donors (Lipinski definition) is 0. The predicted octanol–water partition coefficient (Wildman–Crippen LogP) is 5.65. The van der Waals surface area contributed by atoms with E-state index in [9.17, 15) is 0 Å². The highest BCUT2D eigenvalue weighted by Crippen LogP contribution is 2.39. The average Bonchev–Trinajstić information content (AvgIpc) is 2.79. The maximum atomic E-state index is 6.26. The molecule has 4 aromatic rings. The van der Waals surface area contributed by atoms with E-state index in [1.54, 1.807) is 0 Å². The van der Waals surface area contributed by atoms with Crippen molar-refractivity contribution in [3.63, 3.8) is 0 Å². The van der Waals surface area contributed by atoms with E-state index in [0.29, 0.717) is 0 Å². The first-order valence-electron chi connectivity index (χ1n) is 8.99. The van der Waals surface area contributed by atoms with Crippen molar-refractivity contribution in [3.8, 4) is 0 Å². The highest BCUT2D eigenvalue weighted by Gasteiger charge is 2.51.